The van der Waals surface area contributed by atoms with E-state index in [9.17, 15) is 19.2 Å². The van der Waals surface area contributed by atoms with Crippen LogP contribution in [-0.4, -0.2) is 54.9 Å². The quantitative estimate of drug-likeness (QED) is 0.0906. The van der Waals surface area contributed by atoms with Crippen molar-refractivity contribution >= 4 is 29.7 Å². The van der Waals surface area contributed by atoms with E-state index in [-0.39, 0.29) is 30.8 Å². The summed E-state index contributed by atoms with van der Waals surface area (Å²) in [6.07, 6.45) is 5.65. The van der Waals surface area contributed by atoms with Gasteiger partial charge in [-0.05, 0) is 68.2 Å². The molecule has 1 fully saturated rings. The Morgan fingerprint density at radius 2 is 1.58 bits per heavy atom. The number of primary amides is 1. The number of ether oxygens (including phenoxy) is 1. The van der Waals surface area contributed by atoms with Gasteiger partial charge in [0.15, 0.2) is 5.96 Å². The zero-order valence-electron chi connectivity index (χ0n) is 24.8. The summed E-state index contributed by atoms with van der Waals surface area (Å²) in [5, 5.41) is 5.92. The average molecular weight is 593 g/mol. The third-order valence-electron chi connectivity index (χ3n) is 7.73. The van der Waals surface area contributed by atoms with Crippen molar-refractivity contribution in [3.8, 4) is 0 Å². The Hall–Kier alpha value is -4.41. The molecule has 0 saturated heterocycles. The normalized spacial score (nSPS) is 15.4. The van der Waals surface area contributed by atoms with Crippen molar-refractivity contribution in [2.45, 2.75) is 76.3 Å². The number of hydrogen-bond acceptors (Lipinski definition) is 6. The molecule has 1 unspecified atom stereocenters. The number of aliphatic imine (C=N–C) groups is 1. The maximum atomic E-state index is 14.0. The van der Waals surface area contributed by atoms with Crippen LogP contribution in [0.1, 0.15) is 79.3 Å². The highest BCUT2D eigenvalue weighted by Gasteiger charge is 2.35. The molecule has 3 amide bonds. The van der Waals surface area contributed by atoms with Crippen LogP contribution in [0.3, 0.4) is 0 Å². The van der Waals surface area contributed by atoms with E-state index in [0.717, 1.165) is 43.2 Å². The number of guanidine groups is 1. The molecule has 11 heteroatoms. The highest BCUT2D eigenvalue weighted by Crippen LogP contribution is 2.28. The predicted molar refractivity (Wildman–Crippen MR) is 165 cm³/mol. The smallest absolute Gasteiger partial charge is 0.328 e. The molecule has 2 aromatic carbocycles. The number of nitrogens with one attached hydrogen (secondary N) is 2. The molecule has 3 atom stereocenters. The van der Waals surface area contributed by atoms with E-state index in [2.05, 4.69) is 15.6 Å². The number of hydrogen-bond donors (Lipinski definition) is 5. The Labute approximate surface area is 253 Å². The molecular formula is C32H44N6O5. The Kier molecular flexibility index (Phi) is 13.0. The van der Waals surface area contributed by atoms with Crippen LogP contribution >= 0.6 is 0 Å². The summed E-state index contributed by atoms with van der Waals surface area (Å²) in [6.45, 7) is 2.17. The van der Waals surface area contributed by atoms with Crippen LogP contribution in [0.4, 0.5) is 0 Å². The summed E-state index contributed by atoms with van der Waals surface area (Å²) in [5.41, 5.74) is 18.2. The summed E-state index contributed by atoms with van der Waals surface area (Å²) >= 11 is 0. The number of amides is 3. The van der Waals surface area contributed by atoms with Gasteiger partial charge in [0.05, 0.1) is 12.5 Å². The van der Waals surface area contributed by atoms with E-state index >= 15 is 0 Å². The third kappa shape index (κ3) is 10.4. The van der Waals surface area contributed by atoms with Gasteiger partial charge in [-0.2, -0.15) is 0 Å². The fourth-order valence-electron chi connectivity index (χ4n) is 5.46. The lowest BCUT2D eigenvalue weighted by Crippen LogP contribution is -2.55. The standard InChI is InChI=1S/C32H44N6O5/c1-2-43-31(42)26(14-9-19-36-32(34)35)37-30(41)27(23-12-7-4-8-13-23)38-29(40)25(22-10-5-3-6-11-22)20-21-15-17-24(18-16-21)28(33)39/h3,5-6,10-11,15-18,23,25-27H,2,4,7-9,12-14,19-20H2,1H3,(H2,33,39)(H,37,41)(H,38,40)(H4,34,35,36)/t25-,26?,27-/m0/s1. The van der Waals surface area contributed by atoms with E-state index in [1.807, 2.05) is 30.3 Å². The van der Waals surface area contributed by atoms with Crippen LogP contribution in [-0.2, 0) is 25.5 Å². The van der Waals surface area contributed by atoms with Crippen LogP contribution in [0.5, 0.6) is 0 Å². The lowest BCUT2D eigenvalue weighted by atomic mass is 9.82. The van der Waals surface area contributed by atoms with E-state index in [0.29, 0.717) is 24.9 Å². The molecule has 2 aromatic rings. The summed E-state index contributed by atoms with van der Waals surface area (Å²) in [5.74, 6) is -2.51. The predicted octanol–water partition coefficient (Wildman–Crippen LogP) is 2.28. The van der Waals surface area contributed by atoms with Crippen molar-refractivity contribution in [2.75, 3.05) is 13.2 Å². The minimum Gasteiger partial charge on any atom is -0.464 e. The monoisotopic (exact) mass is 592 g/mol. The number of nitrogens with zero attached hydrogens (tertiary/aromatic N) is 1. The second-order valence-electron chi connectivity index (χ2n) is 10.9. The molecule has 232 valence electrons. The van der Waals surface area contributed by atoms with Gasteiger partial charge >= 0.3 is 5.97 Å². The highest BCUT2D eigenvalue weighted by molar-refractivity contribution is 5.93. The molecule has 0 radical (unpaired) electrons. The number of benzene rings is 2. The lowest BCUT2D eigenvalue weighted by Gasteiger charge is -2.32. The molecule has 1 aliphatic rings. The summed E-state index contributed by atoms with van der Waals surface area (Å²) in [4.78, 5) is 56.0. The van der Waals surface area contributed by atoms with Gasteiger partial charge in [-0.15, -0.1) is 0 Å². The molecule has 1 aliphatic carbocycles. The number of carbonyl (C=O) groups excluding carboxylic acids is 4. The number of rotatable bonds is 15. The van der Waals surface area contributed by atoms with E-state index in [1.165, 1.54) is 0 Å². The topological polar surface area (TPSA) is 192 Å². The van der Waals surface area contributed by atoms with Crippen LogP contribution in [0, 0.1) is 5.92 Å². The maximum absolute atomic E-state index is 14.0. The Bertz CT molecular complexity index is 1240. The van der Waals surface area contributed by atoms with Crippen molar-refractivity contribution in [3.63, 3.8) is 0 Å². The molecule has 43 heavy (non-hydrogen) atoms. The Morgan fingerprint density at radius 1 is 0.907 bits per heavy atom. The molecular weight excluding hydrogens is 548 g/mol. The van der Waals surface area contributed by atoms with Crippen molar-refractivity contribution < 1.29 is 23.9 Å². The zero-order chi connectivity index (χ0) is 31.2. The molecule has 0 bridgehead atoms. The van der Waals surface area contributed by atoms with Gasteiger partial charge in [-0.25, -0.2) is 4.79 Å². The molecule has 8 N–H and O–H groups in total. The second kappa shape index (κ2) is 16.9. The number of carbonyl (C=O) groups is 4. The molecule has 0 heterocycles. The molecule has 3 rings (SSSR count). The SMILES string of the molecule is CCOC(=O)C(CCCN=C(N)N)NC(=O)[C@@H](NC(=O)[C@@H](Cc1ccc(C(N)=O)cc1)c1ccccc1)C1CCCCC1. The van der Waals surface area contributed by atoms with Crippen LogP contribution in [0.2, 0.25) is 0 Å². The molecule has 1 saturated carbocycles. The van der Waals surface area contributed by atoms with Gasteiger partial charge in [0, 0.05) is 12.1 Å². The average Bonchev–Trinajstić information content (AvgIpc) is 3.01. The van der Waals surface area contributed by atoms with Crippen molar-refractivity contribution in [1.29, 1.82) is 0 Å². The van der Waals surface area contributed by atoms with Crippen molar-refractivity contribution in [1.82, 2.24) is 10.6 Å². The van der Waals surface area contributed by atoms with E-state index in [1.54, 1.807) is 31.2 Å². The van der Waals surface area contributed by atoms with Crippen molar-refractivity contribution in [3.05, 3.63) is 71.3 Å². The van der Waals surface area contributed by atoms with Gasteiger partial charge < -0.3 is 32.6 Å². The minimum atomic E-state index is -0.904. The highest BCUT2D eigenvalue weighted by atomic mass is 16.5. The van der Waals surface area contributed by atoms with Crippen LogP contribution < -0.4 is 27.8 Å². The second-order valence-corrected chi connectivity index (χ2v) is 10.9. The van der Waals surface area contributed by atoms with E-state index in [4.69, 9.17) is 21.9 Å². The summed E-state index contributed by atoms with van der Waals surface area (Å²) < 4.78 is 5.22. The molecule has 11 nitrogen and oxygen atoms in total. The third-order valence-corrected chi connectivity index (χ3v) is 7.73. The van der Waals surface area contributed by atoms with Gasteiger partial charge in [-0.1, -0.05) is 61.7 Å². The first-order valence-electron chi connectivity index (χ1n) is 15.0. The zero-order valence-corrected chi connectivity index (χ0v) is 24.8. The first kappa shape index (κ1) is 33.1. The fourth-order valence-corrected chi connectivity index (χ4v) is 5.46. The van der Waals surface area contributed by atoms with Gasteiger partial charge in [-0.3, -0.25) is 19.4 Å². The van der Waals surface area contributed by atoms with Crippen molar-refractivity contribution in [2.24, 2.45) is 28.1 Å². The molecule has 0 aromatic heterocycles. The minimum absolute atomic E-state index is 0.0476. The first-order valence-corrected chi connectivity index (χ1v) is 15.0. The fraction of sp³-hybridized carbons (Fsp3) is 0.469. The van der Waals surface area contributed by atoms with Crippen LogP contribution in [0.25, 0.3) is 0 Å². The van der Waals surface area contributed by atoms with Crippen LogP contribution in [0.15, 0.2) is 59.6 Å². The van der Waals surface area contributed by atoms with Gasteiger partial charge in [0.1, 0.15) is 12.1 Å². The summed E-state index contributed by atoms with van der Waals surface area (Å²) in [6, 6.07) is 14.5. The molecule has 0 spiro atoms. The maximum Gasteiger partial charge on any atom is 0.328 e. The Balaban J connectivity index is 1.84. The largest absolute Gasteiger partial charge is 0.464 e. The van der Waals surface area contributed by atoms with Gasteiger partial charge in [0.2, 0.25) is 17.7 Å². The number of esters is 1. The van der Waals surface area contributed by atoms with E-state index < -0.39 is 35.8 Å². The first-order chi connectivity index (χ1) is 20.7. The lowest BCUT2D eigenvalue weighted by molar-refractivity contribution is -0.148. The summed E-state index contributed by atoms with van der Waals surface area (Å²) in [7, 11) is 0. The van der Waals surface area contributed by atoms with Gasteiger partial charge in [0.25, 0.3) is 0 Å². The molecule has 0 aliphatic heterocycles. The Morgan fingerprint density at radius 3 is 2.19 bits per heavy atom. The number of nitrogens with two attached hydrogens (primary N) is 3.